The fourth-order valence-corrected chi connectivity index (χ4v) is 4.89. The van der Waals surface area contributed by atoms with Gasteiger partial charge >= 0.3 is 0 Å². The molecular formula is C15H17ClN2O4S. The van der Waals surface area contributed by atoms with Crippen LogP contribution in [0.1, 0.15) is 25.7 Å². The van der Waals surface area contributed by atoms with E-state index in [2.05, 4.69) is 0 Å². The molecule has 0 unspecified atom stereocenters. The molecule has 2 aliphatic rings. The minimum absolute atomic E-state index is 0.147. The number of imide groups is 1. The van der Waals surface area contributed by atoms with Crippen LogP contribution in [0.4, 0.5) is 0 Å². The summed E-state index contributed by atoms with van der Waals surface area (Å²) >= 11 is 5.87. The van der Waals surface area contributed by atoms with E-state index in [0.29, 0.717) is 17.9 Å². The average Bonchev–Trinajstić information content (AvgIpc) is 2.86. The molecule has 0 saturated carbocycles. The van der Waals surface area contributed by atoms with Crippen LogP contribution in [0.5, 0.6) is 0 Å². The van der Waals surface area contributed by atoms with Gasteiger partial charge in [-0.25, -0.2) is 8.42 Å². The highest BCUT2D eigenvalue weighted by molar-refractivity contribution is 7.89. The van der Waals surface area contributed by atoms with Crippen LogP contribution in [-0.4, -0.2) is 48.6 Å². The Morgan fingerprint density at radius 1 is 1.04 bits per heavy atom. The molecule has 1 aromatic rings. The molecule has 1 aromatic carbocycles. The first-order valence-corrected chi connectivity index (χ1v) is 9.32. The van der Waals surface area contributed by atoms with Gasteiger partial charge in [0.15, 0.2) is 0 Å². The molecule has 23 heavy (non-hydrogen) atoms. The first kappa shape index (κ1) is 16.4. The van der Waals surface area contributed by atoms with Crippen molar-refractivity contribution in [2.45, 2.75) is 36.6 Å². The Morgan fingerprint density at radius 2 is 1.65 bits per heavy atom. The lowest BCUT2D eigenvalue weighted by Crippen LogP contribution is -2.48. The van der Waals surface area contributed by atoms with E-state index < -0.39 is 10.0 Å². The maximum atomic E-state index is 12.6. The predicted octanol–water partition coefficient (Wildman–Crippen LogP) is 1.64. The first-order chi connectivity index (χ1) is 10.9. The Labute approximate surface area is 140 Å². The summed E-state index contributed by atoms with van der Waals surface area (Å²) in [7, 11) is -3.60. The Bertz CT molecular complexity index is 726. The van der Waals surface area contributed by atoms with Crippen LogP contribution in [0.2, 0.25) is 5.02 Å². The van der Waals surface area contributed by atoms with Crippen molar-refractivity contribution in [3.05, 3.63) is 29.3 Å². The van der Waals surface area contributed by atoms with Gasteiger partial charge in [0.25, 0.3) is 0 Å². The van der Waals surface area contributed by atoms with Crippen molar-refractivity contribution in [3.8, 4) is 0 Å². The van der Waals surface area contributed by atoms with E-state index in [-0.39, 0.29) is 48.7 Å². The van der Waals surface area contributed by atoms with Gasteiger partial charge in [-0.05, 0) is 31.0 Å². The lowest BCUT2D eigenvalue weighted by Gasteiger charge is -2.35. The summed E-state index contributed by atoms with van der Waals surface area (Å²) in [4.78, 5) is 25.0. The molecule has 2 heterocycles. The van der Waals surface area contributed by atoms with Crippen LogP contribution >= 0.6 is 11.6 Å². The Morgan fingerprint density at radius 3 is 2.22 bits per heavy atom. The lowest BCUT2D eigenvalue weighted by atomic mass is 10.1. The topological polar surface area (TPSA) is 74.8 Å². The molecule has 0 spiro atoms. The Balaban J connectivity index is 1.71. The third-order valence-corrected chi connectivity index (χ3v) is 6.44. The van der Waals surface area contributed by atoms with Crippen molar-refractivity contribution < 1.29 is 18.0 Å². The number of hydrogen-bond donors (Lipinski definition) is 0. The predicted molar refractivity (Wildman–Crippen MR) is 84.3 cm³/mol. The van der Waals surface area contributed by atoms with Crippen molar-refractivity contribution >= 4 is 33.4 Å². The number of likely N-dealkylation sites (tertiary alicyclic amines) is 1. The van der Waals surface area contributed by atoms with Crippen molar-refractivity contribution in [2.75, 3.05) is 13.1 Å². The molecule has 0 aromatic heterocycles. The van der Waals surface area contributed by atoms with Gasteiger partial charge in [-0.2, -0.15) is 4.31 Å². The summed E-state index contributed by atoms with van der Waals surface area (Å²) < 4.78 is 26.6. The second-order valence-electron chi connectivity index (χ2n) is 5.75. The quantitative estimate of drug-likeness (QED) is 0.772. The number of hydrogen-bond acceptors (Lipinski definition) is 4. The summed E-state index contributed by atoms with van der Waals surface area (Å²) in [5, 5.41) is 0.370. The van der Waals surface area contributed by atoms with E-state index in [1.807, 2.05) is 0 Å². The SMILES string of the molecule is O=C1CCC(=O)N1C1CCN(S(=O)(=O)c2cccc(Cl)c2)CC1. The molecule has 124 valence electrons. The van der Waals surface area contributed by atoms with E-state index in [0.717, 1.165) is 0 Å². The zero-order chi connectivity index (χ0) is 16.6. The van der Waals surface area contributed by atoms with Crippen LogP contribution in [0, 0.1) is 0 Å². The van der Waals surface area contributed by atoms with E-state index >= 15 is 0 Å². The normalized spacial score (nSPS) is 21.2. The van der Waals surface area contributed by atoms with Crippen LogP contribution in [-0.2, 0) is 19.6 Å². The van der Waals surface area contributed by atoms with E-state index in [1.165, 1.54) is 21.3 Å². The van der Waals surface area contributed by atoms with Crippen molar-refractivity contribution in [2.24, 2.45) is 0 Å². The molecule has 0 atom stereocenters. The highest BCUT2D eigenvalue weighted by Gasteiger charge is 2.38. The van der Waals surface area contributed by atoms with Gasteiger partial charge in [-0.1, -0.05) is 17.7 Å². The number of halogens is 1. The number of carbonyl (C=O) groups is 2. The van der Waals surface area contributed by atoms with Crippen molar-refractivity contribution in [1.82, 2.24) is 9.21 Å². The molecule has 2 saturated heterocycles. The fourth-order valence-electron chi connectivity index (χ4n) is 3.12. The second-order valence-corrected chi connectivity index (χ2v) is 8.12. The van der Waals surface area contributed by atoms with Gasteiger partial charge in [0.2, 0.25) is 21.8 Å². The maximum Gasteiger partial charge on any atom is 0.243 e. The molecule has 8 heteroatoms. The molecule has 2 aliphatic heterocycles. The van der Waals surface area contributed by atoms with Gasteiger partial charge in [0, 0.05) is 37.0 Å². The van der Waals surface area contributed by atoms with Crippen LogP contribution < -0.4 is 0 Å². The average molecular weight is 357 g/mol. The largest absolute Gasteiger partial charge is 0.279 e. The zero-order valence-corrected chi connectivity index (χ0v) is 14.0. The standard InChI is InChI=1S/C15H17ClN2O4S/c16-11-2-1-3-13(10-11)23(21,22)17-8-6-12(7-9-17)18-14(19)4-5-15(18)20/h1-3,10,12H,4-9H2. The highest BCUT2D eigenvalue weighted by atomic mass is 35.5. The number of nitrogens with zero attached hydrogens (tertiary/aromatic N) is 2. The minimum Gasteiger partial charge on any atom is -0.279 e. The van der Waals surface area contributed by atoms with E-state index in [9.17, 15) is 18.0 Å². The number of piperidine rings is 1. The van der Waals surface area contributed by atoms with Crippen molar-refractivity contribution in [1.29, 1.82) is 0 Å². The Hall–Kier alpha value is -1.44. The lowest BCUT2D eigenvalue weighted by molar-refractivity contribution is -0.141. The summed E-state index contributed by atoms with van der Waals surface area (Å²) in [6.07, 6.45) is 1.47. The molecular weight excluding hydrogens is 340 g/mol. The molecule has 2 fully saturated rings. The van der Waals surface area contributed by atoms with Crippen molar-refractivity contribution in [3.63, 3.8) is 0 Å². The van der Waals surface area contributed by atoms with Gasteiger partial charge in [-0.3, -0.25) is 14.5 Å². The zero-order valence-electron chi connectivity index (χ0n) is 12.4. The van der Waals surface area contributed by atoms with Gasteiger partial charge in [0.05, 0.1) is 4.90 Å². The number of amides is 2. The molecule has 0 aliphatic carbocycles. The molecule has 3 rings (SSSR count). The molecule has 0 bridgehead atoms. The number of rotatable bonds is 3. The third kappa shape index (κ3) is 3.13. The van der Waals surface area contributed by atoms with Crippen LogP contribution in [0.25, 0.3) is 0 Å². The molecule has 2 amide bonds. The smallest absolute Gasteiger partial charge is 0.243 e. The monoisotopic (exact) mass is 356 g/mol. The summed E-state index contributed by atoms with van der Waals surface area (Å²) in [5.74, 6) is -0.294. The maximum absolute atomic E-state index is 12.6. The highest BCUT2D eigenvalue weighted by Crippen LogP contribution is 2.27. The Kier molecular flexibility index (Phi) is 4.44. The third-order valence-electron chi connectivity index (χ3n) is 4.31. The number of sulfonamides is 1. The summed E-state index contributed by atoms with van der Waals surface area (Å²) in [5.41, 5.74) is 0. The molecule has 0 N–H and O–H groups in total. The van der Waals surface area contributed by atoms with Gasteiger partial charge < -0.3 is 0 Å². The second kappa shape index (κ2) is 6.22. The van der Waals surface area contributed by atoms with Crippen LogP contribution in [0.15, 0.2) is 29.2 Å². The minimum atomic E-state index is -3.60. The number of carbonyl (C=O) groups excluding carboxylic acids is 2. The molecule has 6 nitrogen and oxygen atoms in total. The van der Waals surface area contributed by atoms with E-state index in [4.69, 9.17) is 11.6 Å². The first-order valence-electron chi connectivity index (χ1n) is 7.50. The number of benzene rings is 1. The fraction of sp³-hybridized carbons (Fsp3) is 0.467. The summed E-state index contributed by atoms with van der Waals surface area (Å²) in [6.45, 7) is 0.577. The van der Waals surface area contributed by atoms with Gasteiger partial charge in [0.1, 0.15) is 0 Å². The summed E-state index contributed by atoms with van der Waals surface area (Å²) in [6, 6.07) is 5.97. The van der Waals surface area contributed by atoms with E-state index in [1.54, 1.807) is 12.1 Å². The van der Waals surface area contributed by atoms with Crippen LogP contribution in [0.3, 0.4) is 0 Å². The molecule has 0 radical (unpaired) electrons. The van der Waals surface area contributed by atoms with Gasteiger partial charge in [-0.15, -0.1) is 0 Å².